The van der Waals surface area contributed by atoms with Gasteiger partial charge >= 0.3 is 0 Å². The highest BCUT2D eigenvalue weighted by Crippen LogP contribution is 2.18. The summed E-state index contributed by atoms with van der Waals surface area (Å²) in [5.74, 6) is 0. The molecule has 3 heteroatoms. The lowest BCUT2D eigenvalue weighted by atomic mass is 10.1. The van der Waals surface area contributed by atoms with E-state index in [4.69, 9.17) is 0 Å². The highest BCUT2D eigenvalue weighted by Gasteiger charge is 2.05. The fraction of sp³-hybridized carbons (Fsp3) is 0.308. The first kappa shape index (κ1) is 13.0. The molecule has 1 aliphatic heterocycles. The Morgan fingerprint density at radius 3 is 2.75 bits per heavy atom. The van der Waals surface area contributed by atoms with Crippen molar-refractivity contribution in [3.05, 3.63) is 41.4 Å². The molecule has 1 aromatic heterocycles. The van der Waals surface area contributed by atoms with Crippen LogP contribution in [0.1, 0.15) is 25.1 Å². The normalized spacial score (nSPS) is 15.8. The number of rotatable bonds is 3. The summed E-state index contributed by atoms with van der Waals surface area (Å²) in [6, 6.07) is 2.19. The maximum absolute atomic E-state index is 4.27. The highest BCUT2D eigenvalue weighted by molar-refractivity contribution is 8.93. The molecule has 0 N–H and O–H groups in total. The van der Waals surface area contributed by atoms with Crippen molar-refractivity contribution < 1.29 is 0 Å². The monoisotopic (exact) mass is 280 g/mol. The van der Waals surface area contributed by atoms with Crippen LogP contribution in [-0.2, 0) is 13.0 Å². The molecule has 0 atom stereocenters. The van der Waals surface area contributed by atoms with Gasteiger partial charge in [-0.15, -0.1) is 17.0 Å². The summed E-state index contributed by atoms with van der Waals surface area (Å²) in [5, 5.41) is 0. The van der Waals surface area contributed by atoms with E-state index in [1.54, 1.807) is 0 Å². The van der Waals surface area contributed by atoms with Gasteiger partial charge < -0.3 is 4.57 Å². The number of aliphatic imine (C=N–C) groups is 1. The van der Waals surface area contributed by atoms with Crippen molar-refractivity contribution in [2.75, 3.05) is 0 Å². The molecule has 0 fully saturated rings. The van der Waals surface area contributed by atoms with Crippen molar-refractivity contribution >= 4 is 29.3 Å². The molecule has 0 bridgehead atoms. The van der Waals surface area contributed by atoms with Gasteiger partial charge in [0.1, 0.15) is 0 Å². The standard InChI is InChI=1S/C13H16N2.BrH/c1-3-11-7-9-15(4-2)13(11)10-12-6-5-8-14-12;/h5-10H,3-4H2,1-2H3;1H/b12-10-;. The highest BCUT2D eigenvalue weighted by atomic mass is 79.9. The van der Waals surface area contributed by atoms with Crippen LogP contribution >= 0.6 is 17.0 Å². The van der Waals surface area contributed by atoms with Gasteiger partial charge in [0, 0.05) is 24.7 Å². The second-order valence-electron chi connectivity index (χ2n) is 3.57. The van der Waals surface area contributed by atoms with Crippen LogP contribution in [0.4, 0.5) is 0 Å². The van der Waals surface area contributed by atoms with Gasteiger partial charge in [-0.25, -0.2) is 0 Å². The molecule has 0 unspecified atom stereocenters. The number of aromatic nitrogens is 1. The molecule has 86 valence electrons. The van der Waals surface area contributed by atoms with E-state index in [1.165, 1.54) is 11.3 Å². The Morgan fingerprint density at radius 2 is 2.19 bits per heavy atom. The molecule has 2 rings (SSSR count). The van der Waals surface area contributed by atoms with Crippen molar-refractivity contribution in [1.82, 2.24) is 4.57 Å². The van der Waals surface area contributed by atoms with Gasteiger partial charge in [0.2, 0.25) is 0 Å². The van der Waals surface area contributed by atoms with Gasteiger partial charge in [0.15, 0.2) is 0 Å². The maximum atomic E-state index is 4.27. The van der Waals surface area contributed by atoms with E-state index in [2.05, 4.69) is 41.7 Å². The molecule has 0 aliphatic carbocycles. The van der Waals surface area contributed by atoms with Crippen LogP contribution < -0.4 is 0 Å². The maximum Gasteiger partial charge on any atom is 0.0651 e. The third kappa shape index (κ3) is 2.53. The Morgan fingerprint density at radius 1 is 1.38 bits per heavy atom. The summed E-state index contributed by atoms with van der Waals surface area (Å²) < 4.78 is 2.26. The van der Waals surface area contributed by atoms with Gasteiger partial charge in [-0.2, -0.15) is 0 Å². The Labute approximate surface area is 107 Å². The molecule has 2 heterocycles. The predicted octanol–water partition coefficient (Wildman–Crippen LogP) is 3.63. The van der Waals surface area contributed by atoms with Crippen LogP contribution in [0.25, 0.3) is 6.08 Å². The minimum Gasteiger partial charge on any atom is -0.348 e. The van der Waals surface area contributed by atoms with Crippen LogP contribution in [-0.4, -0.2) is 10.8 Å². The molecule has 0 saturated carbocycles. The fourth-order valence-corrected chi connectivity index (χ4v) is 1.82. The number of hydrogen-bond donors (Lipinski definition) is 0. The molecule has 1 aromatic rings. The molecule has 2 nitrogen and oxygen atoms in total. The summed E-state index contributed by atoms with van der Waals surface area (Å²) in [5.41, 5.74) is 3.72. The minimum absolute atomic E-state index is 0. The molecule has 16 heavy (non-hydrogen) atoms. The average Bonchev–Trinajstić information content (AvgIpc) is 2.87. The summed E-state index contributed by atoms with van der Waals surface area (Å²) in [7, 11) is 0. The number of allylic oxidation sites excluding steroid dienone is 2. The molecule has 0 spiro atoms. The van der Waals surface area contributed by atoms with Crippen molar-refractivity contribution in [3.63, 3.8) is 0 Å². The van der Waals surface area contributed by atoms with Crippen LogP contribution in [0, 0.1) is 0 Å². The van der Waals surface area contributed by atoms with Gasteiger partial charge in [0.25, 0.3) is 0 Å². The third-order valence-electron chi connectivity index (χ3n) is 2.68. The van der Waals surface area contributed by atoms with Gasteiger partial charge in [-0.1, -0.05) is 6.92 Å². The Balaban J connectivity index is 0.00000128. The van der Waals surface area contributed by atoms with Gasteiger partial charge in [0.05, 0.1) is 5.70 Å². The van der Waals surface area contributed by atoms with E-state index >= 15 is 0 Å². The quantitative estimate of drug-likeness (QED) is 0.805. The molecule has 0 radical (unpaired) electrons. The Hall–Kier alpha value is -1.09. The van der Waals surface area contributed by atoms with Gasteiger partial charge in [-0.05, 0) is 43.2 Å². The zero-order chi connectivity index (χ0) is 10.7. The first-order valence-electron chi connectivity index (χ1n) is 5.45. The van der Waals surface area contributed by atoms with Crippen LogP contribution in [0.5, 0.6) is 0 Å². The van der Waals surface area contributed by atoms with Crippen molar-refractivity contribution in [3.8, 4) is 0 Å². The largest absolute Gasteiger partial charge is 0.348 e. The van der Waals surface area contributed by atoms with E-state index < -0.39 is 0 Å². The molecule has 1 aliphatic rings. The summed E-state index contributed by atoms with van der Waals surface area (Å²) in [6.07, 6.45) is 11.2. The lowest BCUT2D eigenvalue weighted by molar-refractivity contribution is 0.757. The second-order valence-corrected chi connectivity index (χ2v) is 3.57. The number of hydrogen-bond acceptors (Lipinski definition) is 1. The van der Waals surface area contributed by atoms with E-state index in [0.29, 0.717) is 0 Å². The summed E-state index contributed by atoms with van der Waals surface area (Å²) >= 11 is 0. The van der Waals surface area contributed by atoms with E-state index in [9.17, 15) is 0 Å². The van der Waals surface area contributed by atoms with Crippen molar-refractivity contribution in [2.45, 2.75) is 26.8 Å². The van der Waals surface area contributed by atoms with E-state index in [-0.39, 0.29) is 17.0 Å². The Bertz CT molecular complexity index is 403. The third-order valence-corrected chi connectivity index (χ3v) is 2.68. The van der Waals surface area contributed by atoms with E-state index in [0.717, 1.165) is 18.7 Å². The fourth-order valence-electron chi connectivity index (χ4n) is 1.82. The summed E-state index contributed by atoms with van der Waals surface area (Å²) in [4.78, 5) is 4.27. The summed E-state index contributed by atoms with van der Waals surface area (Å²) in [6.45, 7) is 5.35. The Kier molecular flexibility index (Phi) is 4.74. The average molecular weight is 281 g/mol. The van der Waals surface area contributed by atoms with E-state index in [1.807, 2.05) is 18.4 Å². The first-order valence-corrected chi connectivity index (χ1v) is 5.45. The predicted molar refractivity (Wildman–Crippen MR) is 75.4 cm³/mol. The van der Waals surface area contributed by atoms with Crippen LogP contribution in [0.15, 0.2) is 35.1 Å². The smallest absolute Gasteiger partial charge is 0.0651 e. The van der Waals surface area contributed by atoms with Crippen molar-refractivity contribution in [2.24, 2.45) is 4.99 Å². The van der Waals surface area contributed by atoms with Gasteiger partial charge in [-0.3, -0.25) is 4.99 Å². The number of nitrogens with zero attached hydrogens (tertiary/aromatic N) is 2. The van der Waals surface area contributed by atoms with Crippen molar-refractivity contribution in [1.29, 1.82) is 0 Å². The molecular weight excluding hydrogens is 264 g/mol. The zero-order valence-corrected chi connectivity index (χ0v) is 11.4. The minimum atomic E-state index is 0. The molecule has 0 saturated heterocycles. The molecule has 0 aromatic carbocycles. The van der Waals surface area contributed by atoms with Crippen LogP contribution in [0.2, 0.25) is 0 Å². The zero-order valence-electron chi connectivity index (χ0n) is 9.68. The first-order chi connectivity index (χ1) is 7.35. The number of aryl methyl sites for hydroxylation is 2. The SMILES string of the molecule is Br.CCc1ccn(CC)c1/C=C1/C=CC=N1. The number of halogens is 1. The lowest BCUT2D eigenvalue weighted by Crippen LogP contribution is -1.96. The van der Waals surface area contributed by atoms with Crippen LogP contribution in [0.3, 0.4) is 0 Å². The second kappa shape index (κ2) is 5.85. The molecule has 0 amide bonds. The lowest BCUT2D eigenvalue weighted by Gasteiger charge is -2.04. The molecular formula is C13H17BrN2. The topological polar surface area (TPSA) is 17.3 Å².